The quantitative estimate of drug-likeness (QED) is 0.725. The summed E-state index contributed by atoms with van der Waals surface area (Å²) in [5.74, 6) is 1.12. The average Bonchev–Trinajstić information content (AvgIpc) is 2.27. The van der Waals surface area contributed by atoms with E-state index in [0.717, 1.165) is 5.56 Å². The van der Waals surface area contributed by atoms with Crippen molar-refractivity contribution < 1.29 is 20.1 Å². The smallest absolute Gasteiger partial charge is 0.122 e. The van der Waals surface area contributed by atoms with Crippen LogP contribution in [0, 0.1) is 6.92 Å². The molecule has 2 aromatic carbocycles. The molecule has 18 heavy (non-hydrogen) atoms. The first-order valence-corrected chi connectivity index (χ1v) is 5.34. The van der Waals surface area contributed by atoms with Crippen molar-refractivity contribution >= 4 is 0 Å². The summed E-state index contributed by atoms with van der Waals surface area (Å²) in [6.45, 7) is 1.80. The predicted molar refractivity (Wildman–Crippen MR) is 69.2 cm³/mol. The Kier molecular flexibility index (Phi) is 4.87. The molecule has 0 radical (unpaired) electrons. The van der Waals surface area contributed by atoms with E-state index in [-0.39, 0.29) is 17.2 Å². The van der Waals surface area contributed by atoms with Gasteiger partial charge in [0.15, 0.2) is 0 Å². The maximum Gasteiger partial charge on any atom is 0.122 e. The Hall–Kier alpha value is -2.36. The SMILES string of the molecule is COc1cccc(O)c1.Cc1cc(O)cc(O)c1. The van der Waals surface area contributed by atoms with Gasteiger partial charge in [0.2, 0.25) is 0 Å². The van der Waals surface area contributed by atoms with Crippen LogP contribution in [-0.4, -0.2) is 22.4 Å². The molecule has 0 heterocycles. The summed E-state index contributed by atoms with van der Waals surface area (Å²) in [5, 5.41) is 26.5. The van der Waals surface area contributed by atoms with Crippen LogP contribution in [0.25, 0.3) is 0 Å². The largest absolute Gasteiger partial charge is 0.508 e. The molecule has 0 atom stereocenters. The molecule has 2 rings (SSSR count). The lowest BCUT2D eigenvalue weighted by Gasteiger charge is -1.97. The monoisotopic (exact) mass is 248 g/mol. The van der Waals surface area contributed by atoms with E-state index >= 15 is 0 Å². The van der Waals surface area contributed by atoms with Gasteiger partial charge in [0.1, 0.15) is 23.0 Å². The molecular formula is C14H16O4. The van der Waals surface area contributed by atoms with Crippen molar-refractivity contribution in [3.63, 3.8) is 0 Å². The zero-order valence-corrected chi connectivity index (χ0v) is 10.3. The van der Waals surface area contributed by atoms with Crippen molar-refractivity contribution in [1.29, 1.82) is 0 Å². The molecule has 2 aromatic rings. The van der Waals surface area contributed by atoms with Crippen LogP contribution in [0.5, 0.6) is 23.0 Å². The third-order valence-electron chi connectivity index (χ3n) is 2.10. The molecule has 0 aliphatic carbocycles. The van der Waals surface area contributed by atoms with Gasteiger partial charge in [-0.05, 0) is 36.8 Å². The number of hydrogen-bond donors (Lipinski definition) is 3. The molecule has 4 nitrogen and oxygen atoms in total. The number of aryl methyl sites for hydroxylation is 1. The lowest BCUT2D eigenvalue weighted by Crippen LogP contribution is -1.79. The topological polar surface area (TPSA) is 69.9 Å². The standard InChI is InChI=1S/2C7H8O2/c1-5-2-6(8)4-7(9)3-5;1-9-7-4-2-3-6(8)5-7/h2-4,8-9H,1H3;2-5,8H,1H3. The molecule has 0 saturated heterocycles. The lowest BCUT2D eigenvalue weighted by molar-refractivity contribution is 0.407. The van der Waals surface area contributed by atoms with Crippen LogP contribution in [0.15, 0.2) is 42.5 Å². The number of hydrogen-bond acceptors (Lipinski definition) is 4. The third kappa shape index (κ3) is 4.65. The van der Waals surface area contributed by atoms with Gasteiger partial charge >= 0.3 is 0 Å². The number of rotatable bonds is 1. The minimum absolute atomic E-state index is 0.104. The van der Waals surface area contributed by atoms with Gasteiger partial charge in [0.25, 0.3) is 0 Å². The molecule has 3 N–H and O–H groups in total. The Morgan fingerprint density at radius 3 is 1.83 bits per heavy atom. The summed E-state index contributed by atoms with van der Waals surface area (Å²) in [6.07, 6.45) is 0. The molecule has 0 aromatic heterocycles. The number of methoxy groups -OCH3 is 1. The molecule has 0 aliphatic heterocycles. The highest BCUT2D eigenvalue weighted by Gasteiger charge is 1.92. The Bertz CT molecular complexity index is 458. The molecule has 4 heteroatoms. The van der Waals surface area contributed by atoms with E-state index in [1.807, 2.05) is 0 Å². The summed E-state index contributed by atoms with van der Waals surface area (Å²) in [5.41, 5.74) is 0.854. The Balaban J connectivity index is 0.000000180. The van der Waals surface area contributed by atoms with Crippen molar-refractivity contribution in [2.45, 2.75) is 6.92 Å². The summed E-state index contributed by atoms with van der Waals surface area (Å²) in [6, 6.07) is 11.1. The normalized spacial score (nSPS) is 9.22. The second kappa shape index (κ2) is 6.39. The van der Waals surface area contributed by atoms with Crippen LogP contribution in [0.4, 0.5) is 0 Å². The predicted octanol–water partition coefficient (Wildman–Crippen LogP) is 2.81. The number of ether oxygens (including phenoxy) is 1. The summed E-state index contributed by atoms with van der Waals surface area (Å²) >= 11 is 0. The fourth-order valence-corrected chi connectivity index (χ4v) is 1.35. The molecule has 0 spiro atoms. The third-order valence-corrected chi connectivity index (χ3v) is 2.10. The molecule has 0 aliphatic rings. The fraction of sp³-hybridized carbons (Fsp3) is 0.143. The van der Waals surface area contributed by atoms with Gasteiger partial charge in [-0.1, -0.05) is 6.07 Å². The van der Waals surface area contributed by atoms with E-state index in [1.54, 1.807) is 50.4 Å². The minimum Gasteiger partial charge on any atom is -0.508 e. The molecule has 0 amide bonds. The highest BCUT2D eigenvalue weighted by atomic mass is 16.5. The van der Waals surface area contributed by atoms with Crippen LogP contribution in [0.2, 0.25) is 0 Å². The Morgan fingerprint density at radius 2 is 1.44 bits per heavy atom. The maximum absolute atomic E-state index is 8.86. The number of aromatic hydroxyl groups is 3. The molecular weight excluding hydrogens is 232 g/mol. The van der Waals surface area contributed by atoms with Crippen molar-refractivity contribution in [2.75, 3.05) is 7.11 Å². The van der Waals surface area contributed by atoms with Crippen LogP contribution < -0.4 is 4.74 Å². The first kappa shape index (κ1) is 13.7. The van der Waals surface area contributed by atoms with Gasteiger partial charge in [0.05, 0.1) is 7.11 Å². The number of phenols is 3. The van der Waals surface area contributed by atoms with Crippen molar-refractivity contribution in [1.82, 2.24) is 0 Å². The van der Waals surface area contributed by atoms with E-state index < -0.39 is 0 Å². The first-order valence-electron chi connectivity index (χ1n) is 5.34. The summed E-state index contributed by atoms with van der Waals surface area (Å²) < 4.78 is 4.84. The highest BCUT2D eigenvalue weighted by molar-refractivity contribution is 5.35. The van der Waals surface area contributed by atoms with Gasteiger partial charge in [-0.25, -0.2) is 0 Å². The number of benzene rings is 2. The van der Waals surface area contributed by atoms with Crippen molar-refractivity contribution in [2.24, 2.45) is 0 Å². The maximum atomic E-state index is 8.86. The van der Waals surface area contributed by atoms with Crippen LogP contribution in [0.3, 0.4) is 0 Å². The van der Waals surface area contributed by atoms with Crippen molar-refractivity contribution in [3.8, 4) is 23.0 Å². The average molecular weight is 248 g/mol. The molecule has 96 valence electrons. The Morgan fingerprint density at radius 1 is 0.833 bits per heavy atom. The molecule has 0 unspecified atom stereocenters. The molecule has 0 fully saturated rings. The van der Waals surface area contributed by atoms with Gasteiger partial charge in [-0.3, -0.25) is 0 Å². The second-order valence-corrected chi connectivity index (χ2v) is 3.73. The van der Waals surface area contributed by atoms with Crippen molar-refractivity contribution in [3.05, 3.63) is 48.0 Å². The highest BCUT2D eigenvalue weighted by Crippen LogP contribution is 2.19. The first-order chi connectivity index (χ1) is 8.51. The Labute approximate surface area is 106 Å². The zero-order chi connectivity index (χ0) is 13.5. The van der Waals surface area contributed by atoms with Crippen LogP contribution in [0.1, 0.15) is 5.56 Å². The van der Waals surface area contributed by atoms with E-state index in [9.17, 15) is 0 Å². The van der Waals surface area contributed by atoms with E-state index in [2.05, 4.69) is 0 Å². The van der Waals surface area contributed by atoms with Gasteiger partial charge in [-0.15, -0.1) is 0 Å². The summed E-state index contributed by atoms with van der Waals surface area (Å²) in [7, 11) is 1.56. The number of phenolic OH excluding ortho intramolecular Hbond substituents is 3. The van der Waals surface area contributed by atoms with Gasteiger partial charge in [0, 0.05) is 12.1 Å². The van der Waals surface area contributed by atoms with E-state index in [0.29, 0.717) is 5.75 Å². The second-order valence-electron chi connectivity index (χ2n) is 3.73. The summed E-state index contributed by atoms with van der Waals surface area (Å²) in [4.78, 5) is 0. The minimum atomic E-state index is 0.104. The van der Waals surface area contributed by atoms with Gasteiger partial charge < -0.3 is 20.1 Å². The van der Waals surface area contributed by atoms with Crippen LogP contribution >= 0.6 is 0 Å². The fourth-order valence-electron chi connectivity index (χ4n) is 1.35. The molecule has 0 saturated carbocycles. The van der Waals surface area contributed by atoms with Gasteiger partial charge in [-0.2, -0.15) is 0 Å². The zero-order valence-electron chi connectivity index (χ0n) is 10.3. The van der Waals surface area contributed by atoms with Crippen LogP contribution in [-0.2, 0) is 0 Å². The van der Waals surface area contributed by atoms with E-state index in [4.69, 9.17) is 20.1 Å². The van der Waals surface area contributed by atoms with E-state index in [1.165, 1.54) is 6.07 Å². The molecule has 0 bridgehead atoms. The lowest BCUT2D eigenvalue weighted by atomic mass is 10.2.